The van der Waals surface area contributed by atoms with Gasteiger partial charge in [0.05, 0.1) is 6.61 Å². The molecular weight excluding hydrogens is 178 g/mol. The molecule has 0 aliphatic carbocycles. The normalized spacial score (nSPS) is 10.9. The van der Waals surface area contributed by atoms with E-state index in [9.17, 15) is 4.79 Å². The van der Waals surface area contributed by atoms with Gasteiger partial charge in [-0.3, -0.25) is 0 Å². The van der Waals surface area contributed by atoms with Crippen LogP contribution in [0.1, 0.15) is 33.1 Å². The van der Waals surface area contributed by atoms with Crippen LogP contribution in [0.4, 0.5) is 0 Å². The zero-order valence-electron chi connectivity index (χ0n) is 9.71. The molecule has 0 saturated heterocycles. The quantitative estimate of drug-likeness (QED) is 0.532. The maximum Gasteiger partial charge on any atom is 0.129 e. The van der Waals surface area contributed by atoms with Crippen molar-refractivity contribution in [3.05, 3.63) is 0 Å². The summed E-state index contributed by atoms with van der Waals surface area (Å²) in [5.74, 6) is 0.293. The average molecular weight is 201 g/mol. The number of ether oxygens (including phenoxy) is 1. The Morgan fingerprint density at radius 2 is 2.00 bits per heavy atom. The first kappa shape index (κ1) is 13.6. The van der Waals surface area contributed by atoms with E-state index in [0.29, 0.717) is 5.78 Å². The van der Waals surface area contributed by atoms with Crippen molar-refractivity contribution in [3.63, 3.8) is 0 Å². The number of ketones is 1. The molecule has 0 unspecified atom stereocenters. The van der Waals surface area contributed by atoms with Gasteiger partial charge in [0.2, 0.25) is 0 Å². The second-order valence-electron chi connectivity index (χ2n) is 3.66. The monoisotopic (exact) mass is 201 g/mol. The number of rotatable bonds is 9. The van der Waals surface area contributed by atoms with Gasteiger partial charge in [-0.2, -0.15) is 0 Å². The van der Waals surface area contributed by atoms with Crippen molar-refractivity contribution in [1.82, 2.24) is 4.90 Å². The number of hydrogen-bond acceptors (Lipinski definition) is 3. The summed E-state index contributed by atoms with van der Waals surface area (Å²) in [6.45, 7) is 7.29. The second-order valence-corrected chi connectivity index (χ2v) is 3.66. The van der Waals surface area contributed by atoms with E-state index in [1.807, 2.05) is 6.92 Å². The molecule has 0 aromatic heterocycles. The Morgan fingerprint density at radius 1 is 1.29 bits per heavy atom. The molecule has 0 spiro atoms. The van der Waals surface area contributed by atoms with Crippen LogP contribution in [-0.4, -0.2) is 44.0 Å². The van der Waals surface area contributed by atoms with Gasteiger partial charge in [0, 0.05) is 19.6 Å². The minimum Gasteiger partial charge on any atom is -0.380 e. The number of carbonyl (C=O) groups is 1. The molecule has 0 heterocycles. The number of nitrogens with zero attached hydrogens (tertiary/aromatic N) is 1. The predicted molar refractivity (Wildman–Crippen MR) is 58.5 cm³/mol. The van der Waals surface area contributed by atoms with Gasteiger partial charge in [0.15, 0.2) is 0 Å². The molecule has 0 atom stereocenters. The Hall–Kier alpha value is -0.410. The molecule has 0 aliphatic heterocycles. The third kappa shape index (κ3) is 9.68. The molecule has 0 rings (SSSR count). The predicted octanol–water partition coefficient (Wildman–Crippen LogP) is 1.71. The van der Waals surface area contributed by atoms with E-state index in [1.54, 1.807) is 6.92 Å². The first-order chi connectivity index (χ1) is 6.66. The maximum atomic E-state index is 10.7. The van der Waals surface area contributed by atoms with Crippen LogP contribution >= 0.6 is 0 Å². The minimum atomic E-state index is 0.293. The number of likely N-dealkylation sites (N-methyl/N-ethyl adjacent to an activating group) is 1. The molecule has 0 amide bonds. The molecule has 0 aromatic rings. The molecule has 3 nitrogen and oxygen atoms in total. The number of hydrogen-bond donors (Lipinski definition) is 0. The summed E-state index contributed by atoms with van der Waals surface area (Å²) in [5.41, 5.74) is 0. The lowest BCUT2D eigenvalue weighted by Gasteiger charge is -2.15. The zero-order valence-corrected chi connectivity index (χ0v) is 9.71. The van der Waals surface area contributed by atoms with Crippen molar-refractivity contribution in [2.24, 2.45) is 0 Å². The zero-order chi connectivity index (χ0) is 10.8. The molecular formula is C11H23NO2. The Bertz CT molecular complexity index is 148. The fraction of sp³-hybridized carbons (Fsp3) is 0.909. The Balaban J connectivity index is 3.18. The van der Waals surface area contributed by atoms with Crippen molar-refractivity contribution in [2.45, 2.75) is 33.1 Å². The van der Waals surface area contributed by atoms with E-state index in [0.717, 1.165) is 45.6 Å². The molecule has 84 valence electrons. The average Bonchev–Trinajstić information content (AvgIpc) is 2.13. The highest BCUT2D eigenvalue weighted by molar-refractivity contribution is 5.75. The third-order valence-electron chi connectivity index (χ3n) is 2.14. The topological polar surface area (TPSA) is 29.5 Å². The second kappa shape index (κ2) is 9.16. The summed E-state index contributed by atoms with van der Waals surface area (Å²) in [7, 11) is 2.09. The van der Waals surface area contributed by atoms with E-state index in [2.05, 4.69) is 11.9 Å². The van der Waals surface area contributed by atoms with Crippen LogP contribution < -0.4 is 0 Å². The van der Waals surface area contributed by atoms with Crippen LogP contribution in [0.25, 0.3) is 0 Å². The van der Waals surface area contributed by atoms with Gasteiger partial charge in [-0.1, -0.05) is 0 Å². The Labute approximate surface area is 87.4 Å². The first-order valence-corrected chi connectivity index (χ1v) is 5.42. The highest BCUT2D eigenvalue weighted by Crippen LogP contribution is 1.97. The molecule has 0 fully saturated rings. The molecule has 0 radical (unpaired) electrons. The number of carbonyl (C=O) groups excluding carboxylic acids is 1. The van der Waals surface area contributed by atoms with Crippen molar-refractivity contribution in [2.75, 3.05) is 33.4 Å². The van der Waals surface area contributed by atoms with E-state index < -0.39 is 0 Å². The van der Waals surface area contributed by atoms with Crippen LogP contribution in [0.3, 0.4) is 0 Å². The van der Waals surface area contributed by atoms with Gasteiger partial charge in [0.1, 0.15) is 5.78 Å². The fourth-order valence-electron chi connectivity index (χ4n) is 1.23. The van der Waals surface area contributed by atoms with Gasteiger partial charge in [0.25, 0.3) is 0 Å². The van der Waals surface area contributed by atoms with Gasteiger partial charge in [-0.25, -0.2) is 0 Å². The van der Waals surface area contributed by atoms with E-state index in [4.69, 9.17) is 4.74 Å². The molecule has 0 aliphatic rings. The van der Waals surface area contributed by atoms with Crippen LogP contribution in [0.2, 0.25) is 0 Å². The molecule has 0 aromatic carbocycles. The number of unbranched alkanes of at least 4 members (excludes halogenated alkanes) is 1. The lowest BCUT2D eigenvalue weighted by atomic mass is 10.2. The van der Waals surface area contributed by atoms with Gasteiger partial charge in [-0.05, 0) is 40.3 Å². The lowest BCUT2D eigenvalue weighted by Crippen LogP contribution is -2.24. The highest BCUT2D eigenvalue weighted by atomic mass is 16.5. The van der Waals surface area contributed by atoms with Gasteiger partial charge < -0.3 is 14.4 Å². The summed E-state index contributed by atoms with van der Waals surface area (Å²) < 4.78 is 5.25. The van der Waals surface area contributed by atoms with E-state index >= 15 is 0 Å². The minimum absolute atomic E-state index is 0.293. The van der Waals surface area contributed by atoms with Crippen molar-refractivity contribution in [1.29, 1.82) is 0 Å². The van der Waals surface area contributed by atoms with Crippen LogP contribution in [0.5, 0.6) is 0 Å². The number of Topliss-reactive ketones (excluding diaryl/α,β-unsaturated/α-hetero) is 1. The first-order valence-electron chi connectivity index (χ1n) is 5.42. The van der Waals surface area contributed by atoms with Crippen LogP contribution in [-0.2, 0) is 9.53 Å². The Kier molecular flexibility index (Phi) is 8.89. The lowest BCUT2D eigenvalue weighted by molar-refractivity contribution is -0.117. The molecule has 0 saturated carbocycles. The van der Waals surface area contributed by atoms with E-state index in [1.165, 1.54) is 0 Å². The maximum absolute atomic E-state index is 10.7. The smallest absolute Gasteiger partial charge is 0.129 e. The van der Waals surface area contributed by atoms with Crippen molar-refractivity contribution < 1.29 is 9.53 Å². The summed E-state index contributed by atoms with van der Waals surface area (Å²) >= 11 is 0. The highest BCUT2D eigenvalue weighted by Gasteiger charge is 1.98. The van der Waals surface area contributed by atoms with Crippen molar-refractivity contribution >= 4 is 5.78 Å². The van der Waals surface area contributed by atoms with Gasteiger partial charge in [-0.15, -0.1) is 0 Å². The van der Waals surface area contributed by atoms with Crippen LogP contribution in [0, 0.1) is 0 Å². The SMILES string of the molecule is CCOCCN(C)CCCCC(C)=O. The largest absolute Gasteiger partial charge is 0.380 e. The molecule has 0 bridgehead atoms. The van der Waals surface area contributed by atoms with Crippen LogP contribution in [0.15, 0.2) is 0 Å². The summed E-state index contributed by atoms with van der Waals surface area (Å²) in [4.78, 5) is 12.9. The van der Waals surface area contributed by atoms with Gasteiger partial charge >= 0.3 is 0 Å². The van der Waals surface area contributed by atoms with E-state index in [-0.39, 0.29) is 0 Å². The fourth-order valence-corrected chi connectivity index (χ4v) is 1.23. The molecule has 0 N–H and O–H groups in total. The summed E-state index contributed by atoms with van der Waals surface area (Å²) in [6.07, 6.45) is 2.83. The molecule has 14 heavy (non-hydrogen) atoms. The van der Waals surface area contributed by atoms with Crippen molar-refractivity contribution in [3.8, 4) is 0 Å². The summed E-state index contributed by atoms with van der Waals surface area (Å²) in [6, 6.07) is 0. The molecule has 3 heteroatoms. The summed E-state index contributed by atoms with van der Waals surface area (Å²) in [5, 5.41) is 0. The standard InChI is InChI=1S/C11H23NO2/c1-4-14-10-9-12(3)8-6-5-7-11(2)13/h4-10H2,1-3H3. The Morgan fingerprint density at radius 3 is 2.57 bits per heavy atom. The third-order valence-corrected chi connectivity index (χ3v) is 2.14.